The molecule has 0 radical (unpaired) electrons. The average Bonchev–Trinajstić information content (AvgIpc) is 2.66. The number of pyridine rings is 1. The molecule has 0 aromatic carbocycles. The van der Waals surface area contributed by atoms with Crippen molar-refractivity contribution >= 4 is 12.2 Å². The van der Waals surface area contributed by atoms with Gasteiger partial charge in [-0.2, -0.15) is 0 Å². The summed E-state index contributed by atoms with van der Waals surface area (Å²) in [6, 6.07) is 2.66. The zero-order valence-corrected chi connectivity index (χ0v) is 16.8. The Morgan fingerprint density at radius 1 is 1.15 bits per heavy atom. The van der Waals surface area contributed by atoms with Crippen molar-refractivity contribution in [1.82, 2.24) is 9.88 Å². The maximum atomic E-state index is 11.6. The summed E-state index contributed by atoms with van der Waals surface area (Å²) in [6.07, 6.45) is 11.0. The molecule has 4 nitrogen and oxygen atoms in total. The predicted octanol–water partition coefficient (Wildman–Crippen LogP) is 4.40. The van der Waals surface area contributed by atoms with Crippen LogP contribution in [0, 0.1) is 26.7 Å². The van der Waals surface area contributed by atoms with Gasteiger partial charge in [0.25, 0.3) is 0 Å². The van der Waals surface area contributed by atoms with E-state index in [4.69, 9.17) is 4.98 Å². The largest absolute Gasteiger partial charge is 0.356 e. The molecule has 2 heterocycles. The van der Waals surface area contributed by atoms with Crippen LogP contribution in [-0.4, -0.2) is 42.0 Å². The van der Waals surface area contributed by atoms with Crippen LogP contribution in [0.4, 0.5) is 5.82 Å². The second-order valence-electron chi connectivity index (χ2n) is 8.41. The summed E-state index contributed by atoms with van der Waals surface area (Å²) in [5.74, 6) is 1.84. The molecule has 0 N–H and O–H groups in total. The lowest BCUT2D eigenvalue weighted by Gasteiger charge is -2.37. The number of carbonyl (C=O) groups is 1. The lowest BCUT2D eigenvalue weighted by atomic mass is 9.92. The number of piperidine rings is 1. The molecule has 1 amide bonds. The van der Waals surface area contributed by atoms with Crippen molar-refractivity contribution in [3.8, 4) is 0 Å². The van der Waals surface area contributed by atoms with Gasteiger partial charge in [0, 0.05) is 31.4 Å². The molecule has 144 valence electrons. The van der Waals surface area contributed by atoms with Crippen LogP contribution in [0.2, 0.25) is 0 Å². The number of rotatable bonds is 6. The Hall–Kier alpha value is -1.58. The van der Waals surface area contributed by atoms with Gasteiger partial charge < -0.3 is 9.80 Å². The third-order valence-corrected chi connectivity index (χ3v) is 6.43. The van der Waals surface area contributed by atoms with E-state index >= 15 is 0 Å². The van der Waals surface area contributed by atoms with Crippen LogP contribution in [-0.2, 0) is 4.79 Å². The molecule has 1 unspecified atom stereocenters. The minimum Gasteiger partial charge on any atom is -0.356 e. The third kappa shape index (κ3) is 4.57. The van der Waals surface area contributed by atoms with Gasteiger partial charge in [0.1, 0.15) is 5.82 Å². The maximum absolute atomic E-state index is 11.6. The lowest BCUT2D eigenvalue weighted by Crippen LogP contribution is -2.40. The van der Waals surface area contributed by atoms with Crippen molar-refractivity contribution in [3.05, 3.63) is 22.9 Å². The Balaban J connectivity index is 1.59. The van der Waals surface area contributed by atoms with Crippen molar-refractivity contribution in [2.45, 2.75) is 78.2 Å². The quantitative estimate of drug-likeness (QED) is 0.708. The van der Waals surface area contributed by atoms with E-state index in [0.717, 1.165) is 38.2 Å². The molecule has 1 saturated heterocycles. The Bertz CT molecular complexity index is 610. The van der Waals surface area contributed by atoms with Crippen LogP contribution >= 0.6 is 0 Å². The van der Waals surface area contributed by atoms with Crippen LogP contribution in [0.3, 0.4) is 0 Å². The summed E-state index contributed by atoms with van der Waals surface area (Å²) in [7, 11) is 0. The zero-order chi connectivity index (χ0) is 18.5. The molecular weight excluding hydrogens is 322 g/mol. The van der Waals surface area contributed by atoms with E-state index in [0.29, 0.717) is 12.0 Å². The number of anilines is 1. The third-order valence-electron chi connectivity index (χ3n) is 6.43. The van der Waals surface area contributed by atoms with E-state index in [1.165, 1.54) is 61.9 Å². The second kappa shape index (κ2) is 8.88. The lowest BCUT2D eigenvalue weighted by molar-refractivity contribution is -0.121. The number of hydrogen-bond donors (Lipinski definition) is 0. The molecule has 1 aromatic heterocycles. The van der Waals surface area contributed by atoms with Gasteiger partial charge in [-0.05, 0) is 76.0 Å². The first-order valence-corrected chi connectivity index (χ1v) is 10.5. The van der Waals surface area contributed by atoms with Crippen LogP contribution in [0.1, 0.15) is 68.2 Å². The number of carbonyl (C=O) groups excluding carboxylic acids is 1. The summed E-state index contributed by atoms with van der Waals surface area (Å²) in [4.78, 5) is 21.0. The highest BCUT2D eigenvalue weighted by Gasteiger charge is 2.25. The molecule has 0 bridgehead atoms. The van der Waals surface area contributed by atoms with Crippen LogP contribution in [0.5, 0.6) is 0 Å². The number of aryl methyl sites for hydroxylation is 2. The van der Waals surface area contributed by atoms with Gasteiger partial charge in [0.15, 0.2) is 0 Å². The molecular formula is C22H35N3O. The number of amides is 1. The molecule has 3 rings (SSSR count). The molecule has 1 aliphatic carbocycles. The smallest absolute Gasteiger partial charge is 0.209 e. The minimum absolute atomic E-state index is 0.490. The Kier molecular flexibility index (Phi) is 6.55. The van der Waals surface area contributed by atoms with Crippen molar-refractivity contribution in [2.75, 3.05) is 24.5 Å². The Morgan fingerprint density at radius 3 is 2.65 bits per heavy atom. The summed E-state index contributed by atoms with van der Waals surface area (Å²) < 4.78 is 0. The highest BCUT2D eigenvalue weighted by molar-refractivity contribution is 5.51. The van der Waals surface area contributed by atoms with Crippen LogP contribution in [0.25, 0.3) is 0 Å². The second-order valence-corrected chi connectivity index (χ2v) is 8.41. The average molecular weight is 358 g/mol. The van der Waals surface area contributed by atoms with Gasteiger partial charge in [0.2, 0.25) is 6.41 Å². The van der Waals surface area contributed by atoms with Gasteiger partial charge >= 0.3 is 0 Å². The molecule has 4 heteroatoms. The number of aromatic nitrogens is 1. The Morgan fingerprint density at radius 2 is 1.92 bits per heavy atom. The predicted molar refractivity (Wildman–Crippen MR) is 108 cm³/mol. The van der Waals surface area contributed by atoms with Crippen LogP contribution in [0.15, 0.2) is 6.07 Å². The zero-order valence-electron chi connectivity index (χ0n) is 16.8. The van der Waals surface area contributed by atoms with E-state index in [9.17, 15) is 4.79 Å². The van der Waals surface area contributed by atoms with Gasteiger partial charge in [0.05, 0.1) is 0 Å². The fourth-order valence-electron chi connectivity index (χ4n) is 4.75. The fourth-order valence-corrected chi connectivity index (χ4v) is 4.75. The highest BCUT2D eigenvalue weighted by atomic mass is 16.1. The Labute approximate surface area is 159 Å². The molecule has 1 saturated carbocycles. The molecule has 1 atom stereocenters. The molecule has 1 aromatic rings. The van der Waals surface area contributed by atoms with Crippen molar-refractivity contribution in [2.24, 2.45) is 5.92 Å². The van der Waals surface area contributed by atoms with E-state index in [1.54, 1.807) is 0 Å². The van der Waals surface area contributed by atoms with Crippen molar-refractivity contribution < 1.29 is 4.79 Å². The first-order chi connectivity index (χ1) is 12.6. The summed E-state index contributed by atoms with van der Waals surface area (Å²) >= 11 is 0. The first-order valence-electron chi connectivity index (χ1n) is 10.5. The van der Waals surface area contributed by atoms with Gasteiger partial charge in [-0.15, -0.1) is 0 Å². The van der Waals surface area contributed by atoms with Crippen molar-refractivity contribution in [1.29, 1.82) is 0 Å². The molecule has 26 heavy (non-hydrogen) atoms. The summed E-state index contributed by atoms with van der Waals surface area (Å²) in [5, 5.41) is 0. The molecule has 2 fully saturated rings. The maximum Gasteiger partial charge on any atom is 0.209 e. The molecule has 2 aliphatic rings. The van der Waals surface area contributed by atoms with E-state index < -0.39 is 0 Å². The van der Waals surface area contributed by atoms with Gasteiger partial charge in [-0.3, -0.25) is 4.79 Å². The standard InChI is InChI=1S/C22H35N3O/c1-17-14-18(2)23-22(19(17)3)24-12-7-8-20(15-24)11-13-25(16-26)21-9-5-4-6-10-21/h14,16,20-21H,4-13,15H2,1-3H3. The van der Waals surface area contributed by atoms with Gasteiger partial charge in [-0.25, -0.2) is 4.98 Å². The molecule has 1 aliphatic heterocycles. The topological polar surface area (TPSA) is 36.4 Å². The normalized spacial score (nSPS) is 21.7. The molecule has 0 spiro atoms. The number of hydrogen-bond acceptors (Lipinski definition) is 3. The van der Waals surface area contributed by atoms with E-state index in [-0.39, 0.29) is 0 Å². The monoisotopic (exact) mass is 357 g/mol. The highest BCUT2D eigenvalue weighted by Crippen LogP contribution is 2.29. The summed E-state index contributed by atoms with van der Waals surface area (Å²) in [5.41, 5.74) is 3.75. The number of nitrogens with zero attached hydrogens (tertiary/aromatic N) is 3. The summed E-state index contributed by atoms with van der Waals surface area (Å²) in [6.45, 7) is 9.57. The minimum atomic E-state index is 0.490. The first kappa shape index (κ1) is 19.2. The van der Waals surface area contributed by atoms with E-state index in [2.05, 4.69) is 36.6 Å². The fraction of sp³-hybridized carbons (Fsp3) is 0.727. The van der Waals surface area contributed by atoms with Gasteiger partial charge in [-0.1, -0.05) is 19.3 Å². The van der Waals surface area contributed by atoms with E-state index in [1.807, 2.05) is 0 Å². The SMILES string of the molecule is Cc1cc(C)c(C)c(N2CCCC(CCN(C=O)C3CCCCC3)C2)n1. The van der Waals surface area contributed by atoms with Crippen molar-refractivity contribution in [3.63, 3.8) is 0 Å². The van der Waals surface area contributed by atoms with Crippen LogP contribution < -0.4 is 4.90 Å².